The lowest BCUT2D eigenvalue weighted by molar-refractivity contribution is -0.148. The maximum Gasteiger partial charge on any atom is 0.309 e. The van der Waals surface area contributed by atoms with Crippen LogP contribution in [-0.4, -0.2) is 61.1 Å². The standard InChI is InChI=1S/C13H24N2O2/c1-3-17-13(16)11(2)9-14-7-8-15-6-4-5-12(15)10-14/h11-12H,3-10H2,1-2H3. The van der Waals surface area contributed by atoms with Crippen LogP contribution in [0.4, 0.5) is 0 Å². The number of carbonyl (C=O) groups is 1. The van der Waals surface area contributed by atoms with Crippen LogP contribution in [0.25, 0.3) is 0 Å². The minimum atomic E-state index is -0.0543. The fourth-order valence-corrected chi connectivity index (χ4v) is 2.97. The summed E-state index contributed by atoms with van der Waals surface area (Å²) in [6.07, 6.45) is 2.66. The molecule has 0 aromatic rings. The van der Waals surface area contributed by atoms with Crippen molar-refractivity contribution < 1.29 is 9.53 Å². The van der Waals surface area contributed by atoms with Gasteiger partial charge in [0.05, 0.1) is 12.5 Å². The van der Waals surface area contributed by atoms with Gasteiger partial charge in [0.1, 0.15) is 0 Å². The largest absolute Gasteiger partial charge is 0.466 e. The van der Waals surface area contributed by atoms with Gasteiger partial charge in [-0.15, -0.1) is 0 Å². The van der Waals surface area contributed by atoms with Gasteiger partial charge in [0.2, 0.25) is 0 Å². The fraction of sp³-hybridized carbons (Fsp3) is 0.923. The van der Waals surface area contributed by atoms with Gasteiger partial charge in [0.15, 0.2) is 0 Å². The molecule has 2 unspecified atom stereocenters. The third-order valence-electron chi connectivity index (χ3n) is 3.89. The highest BCUT2D eigenvalue weighted by atomic mass is 16.5. The van der Waals surface area contributed by atoms with Crippen LogP contribution in [0.3, 0.4) is 0 Å². The third-order valence-corrected chi connectivity index (χ3v) is 3.89. The summed E-state index contributed by atoms with van der Waals surface area (Å²) < 4.78 is 5.06. The maximum atomic E-state index is 11.6. The molecule has 4 nitrogen and oxygen atoms in total. The smallest absolute Gasteiger partial charge is 0.309 e. The van der Waals surface area contributed by atoms with E-state index in [-0.39, 0.29) is 11.9 Å². The van der Waals surface area contributed by atoms with Crippen LogP contribution in [0, 0.1) is 5.92 Å². The van der Waals surface area contributed by atoms with E-state index in [1.54, 1.807) is 0 Å². The molecule has 4 heteroatoms. The van der Waals surface area contributed by atoms with Crippen molar-refractivity contribution in [3.8, 4) is 0 Å². The van der Waals surface area contributed by atoms with E-state index in [9.17, 15) is 4.79 Å². The van der Waals surface area contributed by atoms with E-state index in [2.05, 4.69) is 9.80 Å². The van der Waals surface area contributed by atoms with Crippen molar-refractivity contribution in [2.45, 2.75) is 32.7 Å². The molecule has 2 heterocycles. The summed E-state index contributed by atoms with van der Waals surface area (Å²) in [6, 6.07) is 0.734. The molecule has 0 spiro atoms. The SMILES string of the molecule is CCOC(=O)C(C)CN1CCN2CCCC2C1. The predicted octanol–water partition coefficient (Wildman–Crippen LogP) is 0.966. The van der Waals surface area contributed by atoms with Crippen molar-refractivity contribution in [1.82, 2.24) is 9.80 Å². The molecule has 2 aliphatic heterocycles. The molecule has 2 rings (SSSR count). The molecule has 0 aromatic carbocycles. The number of ether oxygens (including phenoxy) is 1. The second-order valence-corrected chi connectivity index (χ2v) is 5.24. The molecular formula is C13H24N2O2. The minimum Gasteiger partial charge on any atom is -0.466 e. The first-order valence-corrected chi connectivity index (χ1v) is 6.83. The highest BCUT2D eigenvalue weighted by Gasteiger charge is 2.31. The number of carbonyl (C=O) groups excluding carboxylic acids is 1. The Kier molecular flexibility index (Phi) is 4.40. The molecule has 0 radical (unpaired) electrons. The summed E-state index contributed by atoms with van der Waals surface area (Å²) in [4.78, 5) is 16.6. The van der Waals surface area contributed by atoms with E-state index in [0.29, 0.717) is 6.61 Å². The molecule has 2 saturated heterocycles. The Morgan fingerprint density at radius 1 is 1.41 bits per heavy atom. The van der Waals surface area contributed by atoms with Gasteiger partial charge in [-0.2, -0.15) is 0 Å². The summed E-state index contributed by atoms with van der Waals surface area (Å²) >= 11 is 0. The van der Waals surface area contributed by atoms with Gasteiger partial charge in [0, 0.05) is 32.2 Å². The lowest BCUT2D eigenvalue weighted by atomic mass is 10.1. The Hall–Kier alpha value is -0.610. The second kappa shape index (κ2) is 5.83. The van der Waals surface area contributed by atoms with Crippen LogP contribution >= 0.6 is 0 Å². The average molecular weight is 240 g/mol. The van der Waals surface area contributed by atoms with E-state index < -0.39 is 0 Å². The van der Waals surface area contributed by atoms with Gasteiger partial charge in [-0.1, -0.05) is 6.92 Å². The van der Waals surface area contributed by atoms with E-state index in [1.165, 1.54) is 25.9 Å². The average Bonchev–Trinajstić information content (AvgIpc) is 2.76. The number of hydrogen-bond acceptors (Lipinski definition) is 4. The topological polar surface area (TPSA) is 32.8 Å². The third kappa shape index (κ3) is 3.19. The first-order valence-electron chi connectivity index (χ1n) is 6.83. The Balaban J connectivity index is 1.77. The molecule has 2 atom stereocenters. The Morgan fingerprint density at radius 2 is 2.24 bits per heavy atom. The molecule has 0 bridgehead atoms. The zero-order valence-corrected chi connectivity index (χ0v) is 11.0. The lowest BCUT2D eigenvalue weighted by Gasteiger charge is -2.38. The molecule has 0 N–H and O–H groups in total. The molecule has 98 valence electrons. The van der Waals surface area contributed by atoms with Gasteiger partial charge in [0.25, 0.3) is 0 Å². The van der Waals surface area contributed by atoms with Crippen molar-refractivity contribution in [1.29, 1.82) is 0 Å². The van der Waals surface area contributed by atoms with Crippen LogP contribution in [0.1, 0.15) is 26.7 Å². The number of fused-ring (bicyclic) bond motifs is 1. The summed E-state index contributed by atoms with van der Waals surface area (Å²) in [7, 11) is 0. The van der Waals surface area contributed by atoms with Gasteiger partial charge in [-0.25, -0.2) is 0 Å². The molecule has 2 aliphatic rings. The van der Waals surface area contributed by atoms with Crippen molar-refractivity contribution in [2.75, 3.05) is 39.3 Å². The maximum absolute atomic E-state index is 11.6. The monoisotopic (exact) mass is 240 g/mol. The normalized spacial score (nSPS) is 27.8. The summed E-state index contributed by atoms with van der Waals surface area (Å²) in [5.74, 6) is -0.0516. The van der Waals surface area contributed by atoms with Crippen LogP contribution < -0.4 is 0 Å². The quantitative estimate of drug-likeness (QED) is 0.685. The van der Waals surface area contributed by atoms with Crippen LogP contribution in [-0.2, 0) is 9.53 Å². The number of rotatable bonds is 4. The zero-order chi connectivity index (χ0) is 12.3. The summed E-state index contributed by atoms with van der Waals surface area (Å²) in [5.41, 5.74) is 0. The van der Waals surface area contributed by atoms with E-state index >= 15 is 0 Å². The Bertz CT molecular complexity index is 270. The first kappa shape index (κ1) is 12.8. The van der Waals surface area contributed by atoms with Crippen LogP contribution in [0.15, 0.2) is 0 Å². The molecule has 17 heavy (non-hydrogen) atoms. The van der Waals surface area contributed by atoms with Crippen molar-refractivity contribution in [3.05, 3.63) is 0 Å². The van der Waals surface area contributed by atoms with E-state index in [4.69, 9.17) is 4.74 Å². The number of esters is 1. The fourth-order valence-electron chi connectivity index (χ4n) is 2.97. The molecular weight excluding hydrogens is 216 g/mol. The Labute approximate surface area is 104 Å². The van der Waals surface area contributed by atoms with Crippen LogP contribution in [0.5, 0.6) is 0 Å². The van der Waals surface area contributed by atoms with E-state index in [1.807, 2.05) is 13.8 Å². The van der Waals surface area contributed by atoms with Gasteiger partial charge in [-0.05, 0) is 26.3 Å². The molecule has 0 aromatic heterocycles. The lowest BCUT2D eigenvalue weighted by Crippen LogP contribution is -2.51. The molecule has 0 saturated carbocycles. The second-order valence-electron chi connectivity index (χ2n) is 5.24. The highest BCUT2D eigenvalue weighted by Crippen LogP contribution is 2.21. The van der Waals surface area contributed by atoms with Crippen molar-refractivity contribution in [3.63, 3.8) is 0 Å². The molecule has 0 amide bonds. The predicted molar refractivity (Wildman–Crippen MR) is 66.8 cm³/mol. The first-order chi connectivity index (χ1) is 8.20. The minimum absolute atomic E-state index is 0.00269. The van der Waals surface area contributed by atoms with E-state index in [0.717, 1.165) is 25.7 Å². The highest BCUT2D eigenvalue weighted by molar-refractivity contribution is 5.72. The molecule has 2 fully saturated rings. The number of hydrogen-bond donors (Lipinski definition) is 0. The Morgan fingerprint density at radius 3 is 3.00 bits per heavy atom. The summed E-state index contributed by atoms with van der Waals surface area (Å²) in [5, 5.41) is 0. The van der Waals surface area contributed by atoms with Crippen LogP contribution in [0.2, 0.25) is 0 Å². The van der Waals surface area contributed by atoms with Crippen molar-refractivity contribution in [2.24, 2.45) is 5.92 Å². The van der Waals surface area contributed by atoms with Gasteiger partial charge in [-0.3, -0.25) is 14.6 Å². The van der Waals surface area contributed by atoms with Gasteiger partial charge < -0.3 is 4.74 Å². The molecule has 0 aliphatic carbocycles. The summed E-state index contributed by atoms with van der Waals surface area (Å²) in [6.45, 7) is 9.83. The number of nitrogens with zero attached hydrogens (tertiary/aromatic N) is 2. The zero-order valence-electron chi connectivity index (χ0n) is 11.0. The van der Waals surface area contributed by atoms with Crippen molar-refractivity contribution >= 4 is 5.97 Å². The number of piperazine rings is 1. The van der Waals surface area contributed by atoms with Gasteiger partial charge >= 0.3 is 5.97 Å².